The van der Waals surface area contributed by atoms with Crippen LogP contribution in [0.5, 0.6) is 0 Å². The second-order valence-electron chi connectivity index (χ2n) is 2.42. The number of thioether (sulfide) groups is 2. The van der Waals surface area contributed by atoms with Gasteiger partial charge in [-0.2, -0.15) is 0 Å². The Labute approximate surface area is 84.9 Å². The minimum Gasteiger partial charge on any atom is -0.119 e. The monoisotopic (exact) mass is 202 g/mol. The van der Waals surface area contributed by atoms with Crippen molar-refractivity contribution in [2.75, 3.05) is 11.5 Å². The number of allylic oxidation sites excluding steroid dienone is 2. The van der Waals surface area contributed by atoms with Crippen molar-refractivity contribution in [1.82, 2.24) is 0 Å². The van der Waals surface area contributed by atoms with Crippen molar-refractivity contribution in [1.29, 1.82) is 0 Å². The van der Waals surface area contributed by atoms with E-state index in [9.17, 15) is 0 Å². The van der Waals surface area contributed by atoms with Crippen molar-refractivity contribution in [3.63, 3.8) is 0 Å². The van der Waals surface area contributed by atoms with Gasteiger partial charge in [-0.25, -0.2) is 0 Å². The number of hydrogen-bond acceptors (Lipinski definition) is 2. The predicted molar refractivity (Wildman–Crippen MR) is 63.8 cm³/mol. The molecule has 0 saturated heterocycles. The fourth-order valence-electron chi connectivity index (χ4n) is 0.639. The van der Waals surface area contributed by atoms with Gasteiger partial charge in [0.2, 0.25) is 0 Å². The average molecular weight is 202 g/mol. The van der Waals surface area contributed by atoms with Crippen molar-refractivity contribution in [3.8, 4) is 0 Å². The van der Waals surface area contributed by atoms with Crippen LogP contribution >= 0.6 is 23.5 Å². The predicted octanol–water partition coefficient (Wildman–Crippen LogP) is 4.30. The third kappa shape index (κ3) is 6.86. The molecule has 0 aromatic rings. The van der Waals surface area contributed by atoms with E-state index in [0.29, 0.717) is 0 Å². The van der Waals surface area contributed by atoms with Crippen molar-refractivity contribution in [3.05, 3.63) is 23.0 Å². The standard InChI is InChI=1S/C10H18S2/c1-4-7-10(11-8-5-2)12-9-6-3/h4,7H,1,5-6,8-9H2,2-3H3. The van der Waals surface area contributed by atoms with E-state index in [-0.39, 0.29) is 0 Å². The molecule has 0 bridgehead atoms. The lowest BCUT2D eigenvalue weighted by molar-refractivity contribution is 1.11. The summed E-state index contributed by atoms with van der Waals surface area (Å²) in [4.78, 5) is 0. The van der Waals surface area contributed by atoms with E-state index >= 15 is 0 Å². The lowest BCUT2D eigenvalue weighted by Gasteiger charge is -2.03. The van der Waals surface area contributed by atoms with E-state index in [0.717, 1.165) is 0 Å². The largest absolute Gasteiger partial charge is 0.119 e. The lowest BCUT2D eigenvalue weighted by Crippen LogP contribution is -1.78. The Morgan fingerprint density at radius 2 is 1.67 bits per heavy atom. The van der Waals surface area contributed by atoms with Crippen LogP contribution in [0, 0.1) is 0 Å². The van der Waals surface area contributed by atoms with Gasteiger partial charge < -0.3 is 0 Å². The quantitative estimate of drug-likeness (QED) is 0.565. The van der Waals surface area contributed by atoms with E-state index in [1.54, 1.807) is 0 Å². The topological polar surface area (TPSA) is 0 Å². The Kier molecular flexibility index (Phi) is 9.41. The van der Waals surface area contributed by atoms with Crippen LogP contribution in [0.15, 0.2) is 23.0 Å². The molecule has 0 aliphatic carbocycles. The maximum absolute atomic E-state index is 3.71. The Hall–Kier alpha value is 0.180. The summed E-state index contributed by atoms with van der Waals surface area (Å²) >= 11 is 3.88. The van der Waals surface area contributed by atoms with Gasteiger partial charge in [0.25, 0.3) is 0 Å². The highest BCUT2D eigenvalue weighted by Crippen LogP contribution is 2.29. The third-order valence-corrected chi connectivity index (χ3v) is 3.92. The molecule has 12 heavy (non-hydrogen) atoms. The minimum absolute atomic E-state index is 1.22. The highest BCUT2D eigenvalue weighted by atomic mass is 32.2. The normalized spacial score (nSPS) is 9.50. The Morgan fingerprint density at radius 1 is 1.17 bits per heavy atom. The van der Waals surface area contributed by atoms with Crippen LogP contribution in [-0.2, 0) is 0 Å². The molecule has 70 valence electrons. The first kappa shape index (κ1) is 12.2. The van der Waals surface area contributed by atoms with E-state index in [1.165, 1.54) is 28.6 Å². The lowest BCUT2D eigenvalue weighted by atomic mass is 10.6. The van der Waals surface area contributed by atoms with E-state index in [2.05, 4.69) is 26.5 Å². The molecular weight excluding hydrogens is 184 g/mol. The van der Waals surface area contributed by atoms with E-state index in [4.69, 9.17) is 0 Å². The summed E-state index contributed by atoms with van der Waals surface area (Å²) in [6.45, 7) is 8.14. The van der Waals surface area contributed by atoms with Gasteiger partial charge >= 0.3 is 0 Å². The summed E-state index contributed by atoms with van der Waals surface area (Å²) in [6, 6.07) is 0. The van der Waals surface area contributed by atoms with Crippen LogP contribution in [0.2, 0.25) is 0 Å². The van der Waals surface area contributed by atoms with Crippen LogP contribution in [0.3, 0.4) is 0 Å². The van der Waals surface area contributed by atoms with Crippen LogP contribution in [0.4, 0.5) is 0 Å². The molecule has 0 saturated carbocycles. The SMILES string of the molecule is C=CC=C(SCCC)SCCC. The van der Waals surface area contributed by atoms with Crippen molar-refractivity contribution in [2.24, 2.45) is 0 Å². The first-order valence-corrected chi connectivity index (χ1v) is 6.40. The Bertz CT molecular complexity index is 129. The summed E-state index contributed by atoms with van der Waals surface area (Å²) in [7, 11) is 0. The summed E-state index contributed by atoms with van der Waals surface area (Å²) in [6.07, 6.45) is 6.47. The fraction of sp³-hybridized carbons (Fsp3) is 0.600. The fourth-order valence-corrected chi connectivity index (χ4v) is 2.67. The molecule has 0 spiro atoms. The van der Waals surface area contributed by atoms with E-state index < -0.39 is 0 Å². The van der Waals surface area contributed by atoms with Gasteiger partial charge in [0.15, 0.2) is 0 Å². The molecule has 0 N–H and O–H groups in total. The number of rotatable bonds is 7. The molecule has 0 radical (unpaired) electrons. The molecule has 0 nitrogen and oxygen atoms in total. The average Bonchev–Trinajstić information content (AvgIpc) is 2.10. The zero-order chi connectivity index (χ0) is 9.23. The van der Waals surface area contributed by atoms with E-state index in [1.807, 2.05) is 29.6 Å². The van der Waals surface area contributed by atoms with Crippen molar-refractivity contribution >= 4 is 23.5 Å². The maximum atomic E-state index is 3.71. The zero-order valence-corrected chi connectivity index (χ0v) is 9.64. The van der Waals surface area contributed by atoms with Crippen LogP contribution in [0.25, 0.3) is 0 Å². The first-order valence-electron chi connectivity index (χ1n) is 4.43. The van der Waals surface area contributed by atoms with Gasteiger partial charge in [-0.3, -0.25) is 0 Å². The minimum atomic E-state index is 1.22. The second kappa shape index (κ2) is 9.27. The van der Waals surface area contributed by atoms with Gasteiger partial charge in [0.1, 0.15) is 0 Å². The van der Waals surface area contributed by atoms with Crippen LogP contribution in [-0.4, -0.2) is 11.5 Å². The van der Waals surface area contributed by atoms with Gasteiger partial charge in [0.05, 0.1) is 0 Å². The van der Waals surface area contributed by atoms with Gasteiger partial charge in [-0.05, 0) is 30.4 Å². The molecule has 2 heteroatoms. The maximum Gasteiger partial charge on any atom is 0.0400 e. The summed E-state index contributed by atoms with van der Waals surface area (Å²) < 4.78 is 1.41. The molecule has 0 amide bonds. The molecule has 0 aliphatic rings. The molecule has 0 aromatic carbocycles. The molecule has 0 fully saturated rings. The zero-order valence-electron chi connectivity index (χ0n) is 8.01. The van der Waals surface area contributed by atoms with Gasteiger partial charge in [0, 0.05) is 4.24 Å². The molecule has 0 aliphatic heterocycles. The molecule has 0 atom stereocenters. The highest BCUT2D eigenvalue weighted by Gasteiger charge is 1.95. The van der Waals surface area contributed by atoms with Crippen molar-refractivity contribution < 1.29 is 0 Å². The Morgan fingerprint density at radius 3 is 2.00 bits per heavy atom. The van der Waals surface area contributed by atoms with Gasteiger partial charge in [-0.15, -0.1) is 23.5 Å². The molecular formula is C10H18S2. The highest BCUT2D eigenvalue weighted by molar-refractivity contribution is 8.22. The molecule has 0 unspecified atom stereocenters. The summed E-state index contributed by atoms with van der Waals surface area (Å²) in [5, 5.41) is 0. The first-order chi connectivity index (χ1) is 5.85. The van der Waals surface area contributed by atoms with Crippen molar-refractivity contribution in [2.45, 2.75) is 26.7 Å². The molecule has 0 aromatic heterocycles. The molecule has 0 rings (SSSR count). The smallest absolute Gasteiger partial charge is 0.0400 e. The number of hydrogen-bond donors (Lipinski definition) is 0. The second-order valence-corrected chi connectivity index (χ2v) is 4.95. The molecule has 0 heterocycles. The third-order valence-electron chi connectivity index (χ3n) is 1.15. The summed E-state index contributed by atoms with van der Waals surface area (Å²) in [5.41, 5.74) is 0. The van der Waals surface area contributed by atoms with Crippen LogP contribution < -0.4 is 0 Å². The summed E-state index contributed by atoms with van der Waals surface area (Å²) in [5.74, 6) is 2.44. The Balaban J connectivity index is 3.70. The van der Waals surface area contributed by atoms with Gasteiger partial charge in [-0.1, -0.05) is 26.5 Å². The van der Waals surface area contributed by atoms with Crippen LogP contribution in [0.1, 0.15) is 26.7 Å².